The molecular weight excluding hydrogens is 296 g/mol. The van der Waals surface area contributed by atoms with E-state index in [0.29, 0.717) is 0 Å². The predicted molar refractivity (Wildman–Crippen MR) is 104 cm³/mol. The summed E-state index contributed by atoms with van der Waals surface area (Å²) in [5, 5.41) is 0. The highest BCUT2D eigenvalue weighted by Gasteiger charge is 2.11. The van der Waals surface area contributed by atoms with Gasteiger partial charge in [-0.2, -0.15) is 0 Å². The molecule has 0 fully saturated rings. The number of thioether (sulfide) groups is 1. The Morgan fingerprint density at radius 3 is 2.35 bits per heavy atom. The molecule has 1 heterocycles. The lowest BCUT2D eigenvalue weighted by atomic mass is 9.95. The highest BCUT2D eigenvalue weighted by Crippen LogP contribution is 2.33. The van der Waals surface area contributed by atoms with Gasteiger partial charge in [0.25, 0.3) is 0 Å². The van der Waals surface area contributed by atoms with Crippen molar-refractivity contribution in [2.75, 3.05) is 5.75 Å². The molecule has 0 amide bonds. The molecule has 0 N–H and O–H groups in total. The summed E-state index contributed by atoms with van der Waals surface area (Å²) < 4.78 is 0. The molecule has 0 aromatic heterocycles. The van der Waals surface area contributed by atoms with Crippen molar-refractivity contribution < 1.29 is 0 Å². The Hall–Kier alpha value is -1.73. The molecule has 0 atom stereocenters. The van der Waals surface area contributed by atoms with Gasteiger partial charge in [0, 0.05) is 4.90 Å². The molecule has 2 aromatic rings. The monoisotopic (exact) mass is 320 g/mol. The van der Waals surface area contributed by atoms with Gasteiger partial charge in [0.2, 0.25) is 0 Å². The molecule has 0 bridgehead atoms. The van der Waals surface area contributed by atoms with Crippen LogP contribution in [-0.2, 0) is 6.42 Å². The second-order valence-corrected chi connectivity index (χ2v) is 7.48. The largest absolute Gasteiger partial charge is 0.126 e. The molecule has 23 heavy (non-hydrogen) atoms. The Kier molecular flexibility index (Phi) is 5.07. The van der Waals surface area contributed by atoms with Crippen LogP contribution in [-0.4, -0.2) is 5.75 Å². The maximum atomic E-state index is 4.31. The van der Waals surface area contributed by atoms with E-state index >= 15 is 0 Å². The lowest BCUT2D eigenvalue weighted by Crippen LogP contribution is -1.99. The average Bonchev–Trinajstić information content (AvgIpc) is 2.59. The molecule has 0 aliphatic carbocycles. The Morgan fingerprint density at radius 2 is 1.61 bits per heavy atom. The van der Waals surface area contributed by atoms with Crippen LogP contribution in [0.25, 0.3) is 11.1 Å². The third kappa shape index (κ3) is 3.97. The van der Waals surface area contributed by atoms with Gasteiger partial charge in [-0.3, -0.25) is 0 Å². The fraction of sp³-hybridized carbons (Fsp3) is 0.273. The summed E-state index contributed by atoms with van der Waals surface area (Å²) in [6.07, 6.45) is 4.43. The third-order valence-corrected chi connectivity index (χ3v) is 5.71. The van der Waals surface area contributed by atoms with E-state index in [0.717, 1.165) is 12.8 Å². The molecule has 0 radical (unpaired) electrons. The Balaban J connectivity index is 1.63. The smallest absolute Gasteiger partial charge is 0.0104 e. The lowest BCUT2D eigenvalue weighted by Gasteiger charge is -2.17. The number of rotatable bonds is 5. The van der Waals surface area contributed by atoms with Crippen molar-refractivity contribution in [1.82, 2.24) is 0 Å². The second-order valence-electron chi connectivity index (χ2n) is 6.35. The number of benzene rings is 2. The molecule has 118 valence electrons. The zero-order valence-electron chi connectivity index (χ0n) is 13.9. The van der Waals surface area contributed by atoms with Crippen LogP contribution in [0.15, 0.2) is 60.5 Å². The van der Waals surface area contributed by atoms with Crippen molar-refractivity contribution in [2.45, 2.75) is 37.5 Å². The Morgan fingerprint density at radius 1 is 0.957 bits per heavy atom. The summed E-state index contributed by atoms with van der Waals surface area (Å²) in [6.45, 7) is 10.7. The van der Waals surface area contributed by atoms with Gasteiger partial charge in [-0.05, 0) is 72.3 Å². The van der Waals surface area contributed by atoms with Crippen LogP contribution in [0.5, 0.6) is 0 Å². The summed E-state index contributed by atoms with van der Waals surface area (Å²) in [6, 6.07) is 15.5. The first-order valence-electron chi connectivity index (χ1n) is 8.32. The summed E-state index contributed by atoms with van der Waals surface area (Å²) in [4.78, 5) is 1.46. The van der Waals surface area contributed by atoms with Crippen molar-refractivity contribution in [3.05, 3.63) is 77.9 Å². The SMILES string of the molecule is C=C(CCC(=C)c1ccc2c(c1)CCCS2)c1ccc(C)cc1. The van der Waals surface area contributed by atoms with E-state index in [1.54, 1.807) is 0 Å². The van der Waals surface area contributed by atoms with Crippen LogP contribution < -0.4 is 0 Å². The standard InChI is InChI=1S/C22H24S/c1-16-6-10-19(11-7-16)17(2)8-9-18(3)20-12-13-22-21(15-20)5-4-14-23-22/h6-7,10-13,15H,2-5,8-9,14H2,1H3. The first-order valence-corrected chi connectivity index (χ1v) is 9.31. The molecule has 1 aliphatic heterocycles. The van der Waals surface area contributed by atoms with Crippen LogP contribution in [0.4, 0.5) is 0 Å². The number of hydrogen-bond acceptors (Lipinski definition) is 1. The average molecular weight is 321 g/mol. The van der Waals surface area contributed by atoms with Crippen molar-refractivity contribution in [2.24, 2.45) is 0 Å². The second kappa shape index (κ2) is 7.23. The number of allylic oxidation sites excluding steroid dienone is 2. The molecule has 1 aliphatic rings. The van der Waals surface area contributed by atoms with Crippen molar-refractivity contribution in [3.63, 3.8) is 0 Å². The highest BCUT2D eigenvalue weighted by molar-refractivity contribution is 7.99. The van der Waals surface area contributed by atoms with E-state index in [2.05, 4.69) is 62.5 Å². The molecule has 0 spiro atoms. The summed E-state index contributed by atoms with van der Waals surface area (Å²) in [7, 11) is 0. The van der Waals surface area contributed by atoms with Gasteiger partial charge in [-0.1, -0.05) is 55.1 Å². The zero-order valence-corrected chi connectivity index (χ0v) is 14.7. The van der Waals surface area contributed by atoms with Crippen molar-refractivity contribution in [3.8, 4) is 0 Å². The lowest BCUT2D eigenvalue weighted by molar-refractivity contribution is 0.888. The fourth-order valence-electron chi connectivity index (χ4n) is 2.96. The van der Waals surface area contributed by atoms with Gasteiger partial charge in [0.05, 0.1) is 0 Å². The molecule has 0 unspecified atom stereocenters. The van der Waals surface area contributed by atoms with Gasteiger partial charge in [0.1, 0.15) is 0 Å². The zero-order chi connectivity index (χ0) is 16.2. The summed E-state index contributed by atoms with van der Waals surface area (Å²) in [5.41, 5.74) is 7.74. The maximum absolute atomic E-state index is 4.31. The number of fused-ring (bicyclic) bond motifs is 1. The van der Waals surface area contributed by atoms with Gasteiger partial charge in [-0.25, -0.2) is 0 Å². The van der Waals surface area contributed by atoms with E-state index < -0.39 is 0 Å². The van der Waals surface area contributed by atoms with Crippen molar-refractivity contribution in [1.29, 1.82) is 0 Å². The normalized spacial score (nSPS) is 13.4. The maximum Gasteiger partial charge on any atom is 0.0104 e. The minimum atomic E-state index is 0.966. The fourth-order valence-corrected chi connectivity index (χ4v) is 3.98. The predicted octanol–water partition coefficient (Wildman–Crippen LogP) is 6.54. The Bertz CT molecular complexity index is 722. The minimum absolute atomic E-state index is 0.966. The molecule has 0 saturated heterocycles. The van der Waals surface area contributed by atoms with E-state index in [1.807, 2.05) is 11.8 Å². The molecular formula is C22H24S. The molecule has 2 aromatic carbocycles. The summed E-state index contributed by atoms with van der Waals surface area (Å²) >= 11 is 1.98. The molecule has 3 rings (SSSR count). The van der Waals surface area contributed by atoms with Gasteiger partial charge >= 0.3 is 0 Å². The highest BCUT2D eigenvalue weighted by atomic mass is 32.2. The van der Waals surface area contributed by atoms with E-state index in [-0.39, 0.29) is 0 Å². The Labute approximate surface area is 144 Å². The quantitative estimate of drug-likeness (QED) is 0.602. The van der Waals surface area contributed by atoms with E-state index in [9.17, 15) is 0 Å². The topological polar surface area (TPSA) is 0 Å². The van der Waals surface area contributed by atoms with Gasteiger partial charge < -0.3 is 0 Å². The number of aryl methyl sites for hydroxylation is 2. The van der Waals surface area contributed by atoms with E-state index in [1.165, 1.54) is 56.9 Å². The first-order chi connectivity index (χ1) is 11.1. The van der Waals surface area contributed by atoms with Gasteiger partial charge in [0.15, 0.2) is 0 Å². The third-order valence-electron chi connectivity index (χ3n) is 4.51. The van der Waals surface area contributed by atoms with Crippen LogP contribution in [0.3, 0.4) is 0 Å². The number of hydrogen-bond donors (Lipinski definition) is 0. The summed E-state index contributed by atoms with van der Waals surface area (Å²) in [5.74, 6) is 1.25. The molecule has 0 saturated carbocycles. The van der Waals surface area contributed by atoms with Crippen LogP contribution in [0.1, 0.15) is 41.5 Å². The minimum Gasteiger partial charge on any atom is -0.126 e. The van der Waals surface area contributed by atoms with Crippen LogP contribution in [0.2, 0.25) is 0 Å². The first kappa shape index (κ1) is 16.1. The van der Waals surface area contributed by atoms with E-state index in [4.69, 9.17) is 0 Å². The molecule has 1 heteroatoms. The van der Waals surface area contributed by atoms with Crippen LogP contribution >= 0.6 is 11.8 Å². The van der Waals surface area contributed by atoms with Gasteiger partial charge in [-0.15, -0.1) is 11.8 Å². The molecule has 0 nitrogen and oxygen atoms in total. The van der Waals surface area contributed by atoms with Crippen molar-refractivity contribution >= 4 is 22.9 Å². The van der Waals surface area contributed by atoms with Crippen LogP contribution in [0, 0.1) is 6.92 Å².